The summed E-state index contributed by atoms with van der Waals surface area (Å²) < 4.78 is 7.84. The number of aromatic nitrogens is 2. The Morgan fingerprint density at radius 1 is 1.42 bits per heavy atom. The van der Waals surface area contributed by atoms with E-state index in [0.29, 0.717) is 30.0 Å². The molecule has 136 valence electrons. The largest absolute Gasteiger partial charge is 0.478 e. The Balaban J connectivity index is 1.40. The zero-order valence-corrected chi connectivity index (χ0v) is 14.7. The zero-order chi connectivity index (χ0) is 18.1. The number of ether oxygens (including phenoxy) is 1. The third kappa shape index (κ3) is 3.16. The van der Waals surface area contributed by atoms with Crippen molar-refractivity contribution in [1.82, 2.24) is 14.9 Å². The lowest BCUT2D eigenvalue weighted by atomic mass is 10.1. The second-order valence-electron chi connectivity index (χ2n) is 6.74. The van der Waals surface area contributed by atoms with Crippen molar-refractivity contribution in [2.45, 2.75) is 45.3 Å². The fourth-order valence-corrected chi connectivity index (χ4v) is 3.40. The van der Waals surface area contributed by atoms with Gasteiger partial charge in [-0.1, -0.05) is 6.07 Å². The van der Waals surface area contributed by atoms with Gasteiger partial charge in [-0.2, -0.15) is 0 Å². The molecule has 3 heterocycles. The number of nitrogens with one attached hydrogen (secondary N) is 2. The Bertz CT molecular complexity index is 835. The Hall–Kier alpha value is -2.83. The van der Waals surface area contributed by atoms with E-state index >= 15 is 0 Å². The summed E-state index contributed by atoms with van der Waals surface area (Å²) in [6.07, 6.45) is 5.59. The maximum atomic E-state index is 12.6. The lowest BCUT2D eigenvalue weighted by Crippen LogP contribution is -2.36. The highest BCUT2D eigenvalue weighted by atomic mass is 16.5. The number of imidazole rings is 1. The van der Waals surface area contributed by atoms with Gasteiger partial charge in [-0.15, -0.1) is 0 Å². The first-order chi connectivity index (χ1) is 12.6. The molecule has 0 saturated heterocycles. The first-order valence-electron chi connectivity index (χ1n) is 9.05. The summed E-state index contributed by atoms with van der Waals surface area (Å²) in [5.41, 5.74) is 1.97. The van der Waals surface area contributed by atoms with E-state index < -0.39 is 6.10 Å². The summed E-state index contributed by atoms with van der Waals surface area (Å²) in [5, 5.41) is 5.68. The van der Waals surface area contributed by atoms with Gasteiger partial charge in [-0.05, 0) is 31.9 Å². The summed E-state index contributed by atoms with van der Waals surface area (Å²) in [6.45, 7) is 3.19. The quantitative estimate of drug-likeness (QED) is 0.878. The maximum Gasteiger partial charge on any atom is 0.265 e. The van der Waals surface area contributed by atoms with E-state index in [0.717, 1.165) is 24.5 Å². The van der Waals surface area contributed by atoms with Gasteiger partial charge in [0.1, 0.15) is 5.82 Å². The topological polar surface area (TPSA) is 85.2 Å². The van der Waals surface area contributed by atoms with Crippen molar-refractivity contribution in [1.29, 1.82) is 0 Å². The van der Waals surface area contributed by atoms with E-state index in [-0.39, 0.29) is 11.8 Å². The number of benzene rings is 1. The number of aryl methyl sites for hydroxylation is 2. The zero-order valence-electron chi connectivity index (χ0n) is 14.7. The maximum absolute atomic E-state index is 12.6. The molecule has 1 aromatic carbocycles. The molecule has 0 radical (unpaired) electrons. The molecule has 0 spiro atoms. The van der Waals surface area contributed by atoms with Crippen LogP contribution in [-0.4, -0.2) is 34.0 Å². The van der Waals surface area contributed by atoms with Gasteiger partial charge in [0.15, 0.2) is 11.9 Å². The molecule has 0 bridgehead atoms. The molecule has 2 aromatic rings. The molecule has 4 rings (SSSR count). The standard InChI is InChI=1S/C19H22N4O3/c1-12-18(24)22-15-6-4-5-14(17(15)26-12)19(25)20-9-8-13-11-23-10-3-2-7-16(23)21-13/h4-6,11-12H,2-3,7-10H2,1H3,(H,20,25)(H,22,24)/t12-/m1/s1. The second kappa shape index (κ2) is 6.82. The summed E-state index contributed by atoms with van der Waals surface area (Å²) in [7, 11) is 0. The lowest BCUT2D eigenvalue weighted by molar-refractivity contribution is -0.122. The normalized spacial score (nSPS) is 18.3. The SMILES string of the molecule is C[C@H]1Oc2c(cccc2C(=O)NCCc2cn3c(n2)CCCC3)NC1=O. The molecule has 2 aliphatic heterocycles. The van der Waals surface area contributed by atoms with Crippen LogP contribution in [0.4, 0.5) is 5.69 Å². The number of amides is 2. The van der Waals surface area contributed by atoms with Crippen LogP contribution in [0, 0.1) is 0 Å². The number of anilines is 1. The van der Waals surface area contributed by atoms with Gasteiger partial charge in [-0.3, -0.25) is 9.59 Å². The van der Waals surface area contributed by atoms with Gasteiger partial charge in [0, 0.05) is 32.1 Å². The summed E-state index contributed by atoms with van der Waals surface area (Å²) in [4.78, 5) is 28.9. The van der Waals surface area contributed by atoms with Gasteiger partial charge in [-0.25, -0.2) is 4.98 Å². The van der Waals surface area contributed by atoms with E-state index in [1.165, 1.54) is 12.8 Å². The average Bonchev–Trinajstić information content (AvgIpc) is 3.05. The van der Waals surface area contributed by atoms with Crippen molar-refractivity contribution in [2.24, 2.45) is 0 Å². The number of carbonyl (C=O) groups excluding carboxylic acids is 2. The van der Waals surface area contributed by atoms with Crippen LogP contribution in [0.2, 0.25) is 0 Å². The number of carbonyl (C=O) groups is 2. The molecule has 7 nitrogen and oxygen atoms in total. The van der Waals surface area contributed by atoms with E-state index in [9.17, 15) is 9.59 Å². The highest BCUT2D eigenvalue weighted by Crippen LogP contribution is 2.33. The summed E-state index contributed by atoms with van der Waals surface area (Å²) >= 11 is 0. The van der Waals surface area contributed by atoms with Crippen molar-refractivity contribution in [3.63, 3.8) is 0 Å². The molecular weight excluding hydrogens is 332 g/mol. The minimum atomic E-state index is -0.617. The second-order valence-corrected chi connectivity index (χ2v) is 6.74. The Morgan fingerprint density at radius 2 is 2.31 bits per heavy atom. The molecular formula is C19H22N4O3. The van der Waals surface area contributed by atoms with E-state index in [4.69, 9.17) is 4.74 Å². The number of hydrogen-bond donors (Lipinski definition) is 2. The van der Waals surface area contributed by atoms with E-state index in [1.807, 2.05) is 0 Å². The minimum Gasteiger partial charge on any atom is -0.478 e. The average molecular weight is 354 g/mol. The van der Waals surface area contributed by atoms with Crippen molar-refractivity contribution in [3.8, 4) is 5.75 Å². The molecule has 2 N–H and O–H groups in total. The van der Waals surface area contributed by atoms with Crippen LogP contribution in [0.1, 0.15) is 41.6 Å². The van der Waals surface area contributed by atoms with E-state index in [2.05, 4.69) is 26.4 Å². The molecule has 0 fully saturated rings. The number of nitrogens with zero attached hydrogens (tertiary/aromatic N) is 2. The predicted octanol–water partition coefficient (Wildman–Crippen LogP) is 1.91. The molecule has 1 atom stereocenters. The predicted molar refractivity (Wildman–Crippen MR) is 96.4 cm³/mol. The Kier molecular flexibility index (Phi) is 4.36. The van der Waals surface area contributed by atoms with Crippen LogP contribution in [-0.2, 0) is 24.2 Å². The molecule has 1 aromatic heterocycles. The van der Waals surface area contributed by atoms with Crippen LogP contribution >= 0.6 is 0 Å². The summed E-state index contributed by atoms with van der Waals surface area (Å²) in [5.74, 6) is 1.15. The van der Waals surface area contributed by atoms with Crippen molar-refractivity contribution in [3.05, 3.63) is 41.5 Å². The Morgan fingerprint density at radius 3 is 3.15 bits per heavy atom. The first-order valence-corrected chi connectivity index (χ1v) is 9.05. The summed E-state index contributed by atoms with van der Waals surface area (Å²) in [6, 6.07) is 5.16. The van der Waals surface area contributed by atoms with Crippen LogP contribution < -0.4 is 15.4 Å². The van der Waals surface area contributed by atoms with Gasteiger partial charge in [0.2, 0.25) is 0 Å². The number of para-hydroxylation sites is 1. The van der Waals surface area contributed by atoms with E-state index in [1.54, 1.807) is 25.1 Å². The monoisotopic (exact) mass is 354 g/mol. The van der Waals surface area contributed by atoms with Gasteiger partial charge in [0.05, 0.1) is 16.9 Å². The first kappa shape index (κ1) is 16.6. The van der Waals surface area contributed by atoms with Gasteiger partial charge in [0.25, 0.3) is 11.8 Å². The molecule has 0 aliphatic carbocycles. The fourth-order valence-electron chi connectivity index (χ4n) is 3.40. The molecule has 7 heteroatoms. The molecule has 0 saturated carbocycles. The van der Waals surface area contributed by atoms with Crippen molar-refractivity contribution < 1.29 is 14.3 Å². The molecule has 0 unspecified atom stereocenters. The molecule has 2 amide bonds. The molecule has 2 aliphatic rings. The lowest BCUT2D eigenvalue weighted by Gasteiger charge is -2.25. The minimum absolute atomic E-state index is 0.209. The fraction of sp³-hybridized carbons (Fsp3) is 0.421. The van der Waals surface area contributed by atoms with Gasteiger partial charge >= 0.3 is 0 Å². The third-order valence-corrected chi connectivity index (χ3v) is 4.81. The smallest absolute Gasteiger partial charge is 0.265 e. The van der Waals surface area contributed by atoms with Gasteiger partial charge < -0.3 is 19.9 Å². The Labute approximate surface area is 151 Å². The highest BCUT2D eigenvalue weighted by Gasteiger charge is 2.27. The number of fused-ring (bicyclic) bond motifs is 2. The number of hydrogen-bond acceptors (Lipinski definition) is 4. The number of rotatable bonds is 4. The van der Waals surface area contributed by atoms with Crippen LogP contribution in [0.5, 0.6) is 5.75 Å². The van der Waals surface area contributed by atoms with Crippen LogP contribution in [0.25, 0.3) is 0 Å². The third-order valence-electron chi connectivity index (χ3n) is 4.81. The van der Waals surface area contributed by atoms with Crippen LogP contribution in [0.15, 0.2) is 24.4 Å². The van der Waals surface area contributed by atoms with Crippen molar-refractivity contribution >= 4 is 17.5 Å². The molecule has 26 heavy (non-hydrogen) atoms. The highest BCUT2D eigenvalue weighted by molar-refractivity contribution is 6.03. The van der Waals surface area contributed by atoms with Crippen molar-refractivity contribution in [2.75, 3.05) is 11.9 Å². The van der Waals surface area contributed by atoms with Crippen LogP contribution in [0.3, 0.4) is 0 Å².